The predicted octanol–water partition coefficient (Wildman–Crippen LogP) is 5.97. The van der Waals surface area contributed by atoms with E-state index >= 15 is 0 Å². The minimum Gasteiger partial charge on any atom is -0.258 e. The van der Waals surface area contributed by atoms with Crippen molar-refractivity contribution in [3.63, 3.8) is 0 Å². The zero-order valence-corrected chi connectivity index (χ0v) is 16.4. The second-order valence-electron chi connectivity index (χ2n) is 7.97. The molecular formula is C23H30N2. The van der Waals surface area contributed by atoms with Crippen LogP contribution in [0.3, 0.4) is 0 Å². The zero-order valence-electron chi connectivity index (χ0n) is 16.4. The van der Waals surface area contributed by atoms with Gasteiger partial charge in [0, 0.05) is 18.8 Å². The van der Waals surface area contributed by atoms with Crippen LogP contribution in [0, 0.1) is 12.3 Å². The van der Waals surface area contributed by atoms with Crippen LogP contribution in [-0.2, 0) is 12.8 Å². The Morgan fingerprint density at radius 1 is 1.08 bits per heavy atom. The molecule has 0 unspecified atom stereocenters. The minimum atomic E-state index is 0.234. The Hall–Kier alpha value is -2.22. The highest BCUT2D eigenvalue weighted by Gasteiger charge is 2.12. The third kappa shape index (κ3) is 6.30. The monoisotopic (exact) mass is 334 g/mol. The number of aromatic nitrogens is 2. The number of rotatable bonds is 5. The number of allylic oxidation sites excluding steroid dienone is 4. The molecule has 2 heteroatoms. The van der Waals surface area contributed by atoms with Crippen molar-refractivity contribution < 1.29 is 0 Å². The molecule has 0 fully saturated rings. The van der Waals surface area contributed by atoms with Gasteiger partial charge in [0.1, 0.15) is 0 Å². The molecule has 0 bridgehead atoms. The molecule has 2 aromatic rings. The van der Waals surface area contributed by atoms with E-state index in [0.717, 1.165) is 24.2 Å². The molecule has 25 heavy (non-hydrogen) atoms. The van der Waals surface area contributed by atoms with E-state index in [1.54, 1.807) is 0 Å². The molecule has 1 heterocycles. The van der Waals surface area contributed by atoms with Crippen LogP contribution in [0.1, 0.15) is 57.1 Å². The molecular weight excluding hydrogens is 304 g/mol. The van der Waals surface area contributed by atoms with Crippen LogP contribution in [-0.4, -0.2) is 9.97 Å². The maximum absolute atomic E-state index is 4.61. The maximum Gasteiger partial charge on any atom is 0.0630 e. The van der Waals surface area contributed by atoms with Gasteiger partial charge in [-0.1, -0.05) is 62.8 Å². The fourth-order valence-corrected chi connectivity index (χ4v) is 2.80. The standard InChI is InChI=1S/C23H30N2/c1-7-19(12-18(3)20-10-8-9-17(2)11-20)13-21-15-25-22(16-24-21)14-23(4,5)6/h7-12,15-16H,13-14H2,1-6H3/b18-12+,19-7+. The van der Waals surface area contributed by atoms with Gasteiger partial charge >= 0.3 is 0 Å². The summed E-state index contributed by atoms with van der Waals surface area (Å²) in [6.45, 7) is 13.0. The fourth-order valence-electron chi connectivity index (χ4n) is 2.80. The quantitative estimate of drug-likeness (QED) is 0.630. The second kappa shape index (κ2) is 8.24. The van der Waals surface area contributed by atoms with Crippen LogP contribution >= 0.6 is 0 Å². The highest BCUT2D eigenvalue weighted by Crippen LogP contribution is 2.20. The molecule has 0 spiro atoms. The Morgan fingerprint density at radius 3 is 2.32 bits per heavy atom. The first-order chi connectivity index (χ1) is 11.8. The average molecular weight is 335 g/mol. The summed E-state index contributed by atoms with van der Waals surface area (Å²) in [6, 6.07) is 8.62. The highest BCUT2D eigenvalue weighted by molar-refractivity contribution is 5.67. The maximum atomic E-state index is 4.61. The molecule has 0 aliphatic rings. The summed E-state index contributed by atoms with van der Waals surface area (Å²) in [5.41, 5.74) is 7.39. The van der Waals surface area contributed by atoms with Crippen LogP contribution < -0.4 is 0 Å². The van der Waals surface area contributed by atoms with Crippen molar-refractivity contribution in [2.24, 2.45) is 5.41 Å². The molecule has 0 saturated carbocycles. The molecule has 2 rings (SSSR count). The molecule has 0 amide bonds. The lowest BCUT2D eigenvalue weighted by Gasteiger charge is -2.17. The van der Waals surface area contributed by atoms with E-state index in [0.29, 0.717) is 0 Å². The van der Waals surface area contributed by atoms with Crippen LogP contribution in [0.5, 0.6) is 0 Å². The van der Waals surface area contributed by atoms with Gasteiger partial charge in [-0.3, -0.25) is 9.97 Å². The second-order valence-corrected chi connectivity index (χ2v) is 7.97. The first-order valence-electron chi connectivity index (χ1n) is 8.97. The van der Waals surface area contributed by atoms with Crippen LogP contribution in [0.15, 0.2) is 54.4 Å². The lowest BCUT2D eigenvalue weighted by atomic mass is 9.91. The van der Waals surface area contributed by atoms with Crippen molar-refractivity contribution in [2.75, 3.05) is 0 Å². The minimum absolute atomic E-state index is 0.234. The zero-order chi connectivity index (χ0) is 18.4. The molecule has 0 aliphatic heterocycles. The van der Waals surface area contributed by atoms with Crippen molar-refractivity contribution in [3.8, 4) is 0 Å². The lowest BCUT2D eigenvalue weighted by molar-refractivity contribution is 0.405. The molecule has 1 aromatic carbocycles. The van der Waals surface area contributed by atoms with Crippen molar-refractivity contribution in [2.45, 2.75) is 54.4 Å². The van der Waals surface area contributed by atoms with Gasteiger partial charge in [0.05, 0.1) is 11.4 Å². The fraction of sp³-hybridized carbons (Fsp3) is 0.391. The Kier molecular flexibility index (Phi) is 6.30. The number of hydrogen-bond acceptors (Lipinski definition) is 2. The summed E-state index contributed by atoms with van der Waals surface area (Å²) < 4.78 is 0. The summed E-state index contributed by atoms with van der Waals surface area (Å²) in [7, 11) is 0. The molecule has 0 saturated heterocycles. The van der Waals surface area contributed by atoms with Gasteiger partial charge in [-0.2, -0.15) is 0 Å². The molecule has 1 aromatic heterocycles. The SMILES string of the molecule is C/C=C(\C=C(/C)c1cccc(C)c1)Cc1cnc(CC(C)(C)C)cn1. The van der Waals surface area contributed by atoms with Gasteiger partial charge < -0.3 is 0 Å². The van der Waals surface area contributed by atoms with E-state index < -0.39 is 0 Å². The Labute approximate surface area is 152 Å². The highest BCUT2D eigenvalue weighted by atomic mass is 14.8. The Balaban J connectivity index is 2.11. The largest absolute Gasteiger partial charge is 0.258 e. The van der Waals surface area contributed by atoms with Gasteiger partial charge in [-0.05, 0) is 49.3 Å². The first kappa shape index (κ1) is 19.1. The molecule has 2 nitrogen and oxygen atoms in total. The third-order valence-corrected chi connectivity index (χ3v) is 4.10. The van der Waals surface area contributed by atoms with Crippen molar-refractivity contribution in [1.82, 2.24) is 9.97 Å². The van der Waals surface area contributed by atoms with E-state index in [2.05, 4.69) is 87.9 Å². The normalized spacial score (nSPS) is 13.2. The van der Waals surface area contributed by atoms with E-state index in [1.807, 2.05) is 12.4 Å². The molecule has 0 aliphatic carbocycles. The summed E-state index contributed by atoms with van der Waals surface area (Å²) >= 11 is 0. The molecule has 0 N–H and O–H groups in total. The van der Waals surface area contributed by atoms with Gasteiger partial charge in [0.2, 0.25) is 0 Å². The summed E-state index contributed by atoms with van der Waals surface area (Å²) in [5.74, 6) is 0. The smallest absolute Gasteiger partial charge is 0.0630 e. The molecule has 132 valence electrons. The van der Waals surface area contributed by atoms with Gasteiger partial charge in [-0.25, -0.2) is 0 Å². The summed E-state index contributed by atoms with van der Waals surface area (Å²) in [6.07, 6.45) is 10.0. The molecule has 0 radical (unpaired) electrons. The van der Waals surface area contributed by atoms with E-state index in [-0.39, 0.29) is 5.41 Å². The number of nitrogens with zero attached hydrogens (tertiary/aromatic N) is 2. The van der Waals surface area contributed by atoms with Gasteiger partial charge in [0.25, 0.3) is 0 Å². The van der Waals surface area contributed by atoms with Crippen molar-refractivity contribution in [1.29, 1.82) is 0 Å². The topological polar surface area (TPSA) is 25.8 Å². The summed E-state index contributed by atoms with van der Waals surface area (Å²) in [4.78, 5) is 9.20. The molecule has 0 atom stereocenters. The van der Waals surface area contributed by atoms with Gasteiger partial charge in [-0.15, -0.1) is 0 Å². The van der Waals surface area contributed by atoms with E-state index in [1.165, 1.54) is 22.3 Å². The van der Waals surface area contributed by atoms with Gasteiger partial charge in [0.15, 0.2) is 0 Å². The Morgan fingerprint density at radius 2 is 1.76 bits per heavy atom. The number of benzene rings is 1. The number of aryl methyl sites for hydroxylation is 1. The van der Waals surface area contributed by atoms with Crippen LogP contribution in [0.25, 0.3) is 5.57 Å². The van der Waals surface area contributed by atoms with Crippen molar-refractivity contribution >= 4 is 5.57 Å². The van der Waals surface area contributed by atoms with E-state index in [4.69, 9.17) is 0 Å². The predicted molar refractivity (Wildman–Crippen MR) is 107 cm³/mol. The Bertz CT molecular complexity index is 759. The third-order valence-electron chi connectivity index (χ3n) is 4.10. The number of hydrogen-bond donors (Lipinski definition) is 0. The van der Waals surface area contributed by atoms with Crippen molar-refractivity contribution in [3.05, 3.63) is 76.9 Å². The average Bonchev–Trinajstić information content (AvgIpc) is 2.54. The van der Waals surface area contributed by atoms with E-state index in [9.17, 15) is 0 Å². The summed E-state index contributed by atoms with van der Waals surface area (Å²) in [5, 5.41) is 0. The lowest BCUT2D eigenvalue weighted by Crippen LogP contribution is -2.11. The first-order valence-corrected chi connectivity index (χ1v) is 8.97. The van der Waals surface area contributed by atoms with Crippen LogP contribution in [0.2, 0.25) is 0 Å². The van der Waals surface area contributed by atoms with Crippen LogP contribution in [0.4, 0.5) is 0 Å².